The molecule has 0 saturated carbocycles. The van der Waals surface area contributed by atoms with Crippen molar-refractivity contribution in [3.8, 4) is 11.1 Å². The average molecular weight is 304 g/mol. The van der Waals surface area contributed by atoms with Gasteiger partial charge in [-0.2, -0.15) is 0 Å². The van der Waals surface area contributed by atoms with Gasteiger partial charge in [0.1, 0.15) is 0 Å². The minimum atomic E-state index is 0.148. The predicted octanol–water partition coefficient (Wildman–Crippen LogP) is 6.64. The molecule has 0 radical (unpaired) electrons. The van der Waals surface area contributed by atoms with Gasteiger partial charge in [-0.15, -0.1) is 0 Å². The van der Waals surface area contributed by atoms with Crippen LogP contribution < -0.4 is 0 Å². The number of benzene rings is 2. The number of allylic oxidation sites excluding steroid dienone is 1. The van der Waals surface area contributed by atoms with Crippen LogP contribution in [0.1, 0.15) is 57.7 Å². The van der Waals surface area contributed by atoms with E-state index in [2.05, 4.69) is 83.2 Å². The molecule has 0 fully saturated rings. The molecule has 0 spiro atoms. The number of hydrogen-bond acceptors (Lipinski definition) is 0. The van der Waals surface area contributed by atoms with Crippen molar-refractivity contribution < 1.29 is 0 Å². The Morgan fingerprint density at radius 2 is 1.65 bits per heavy atom. The lowest BCUT2D eigenvalue weighted by Gasteiger charge is -2.25. The van der Waals surface area contributed by atoms with E-state index in [0.29, 0.717) is 0 Å². The quantitative estimate of drug-likeness (QED) is 0.596. The molecule has 0 heterocycles. The van der Waals surface area contributed by atoms with Crippen molar-refractivity contribution in [2.45, 2.75) is 52.9 Å². The lowest BCUT2D eigenvalue weighted by Crippen LogP contribution is -2.13. The van der Waals surface area contributed by atoms with E-state index >= 15 is 0 Å². The highest BCUT2D eigenvalue weighted by molar-refractivity contribution is 5.83. The fourth-order valence-corrected chi connectivity index (χ4v) is 3.68. The minimum Gasteiger partial charge on any atom is -0.0649 e. The summed E-state index contributed by atoms with van der Waals surface area (Å²) in [6.45, 7) is 11.6. The van der Waals surface area contributed by atoms with E-state index in [9.17, 15) is 0 Å². The van der Waals surface area contributed by atoms with Gasteiger partial charge in [-0.25, -0.2) is 0 Å². The largest absolute Gasteiger partial charge is 0.0649 e. The first-order chi connectivity index (χ1) is 10.9. The molecule has 0 aromatic heterocycles. The fraction of sp³-hybridized carbons (Fsp3) is 0.391. The molecule has 2 aromatic carbocycles. The molecule has 0 unspecified atom stereocenters. The van der Waals surface area contributed by atoms with Gasteiger partial charge in [-0.05, 0) is 52.0 Å². The molecule has 0 saturated heterocycles. The third kappa shape index (κ3) is 3.27. The molecule has 23 heavy (non-hydrogen) atoms. The van der Waals surface area contributed by atoms with Gasteiger partial charge in [0.05, 0.1) is 0 Å². The Kier molecular flexibility index (Phi) is 4.19. The second-order valence-electron chi connectivity index (χ2n) is 8.25. The number of fused-ring (bicyclic) bond motifs is 1. The minimum absolute atomic E-state index is 0.148. The van der Waals surface area contributed by atoms with Crippen LogP contribution >= 0.6 is 0 Å². The van der Waals surface area contributed by atoms with E-state index in [0.717, 1.165) is 12.3 Å². The SMILES string of the molecule is CC(C)CC1=Cc2c(ccc(C(C)(C)C)c2-c2ccccc2)C1. The molecule has 1 aliphatic carbocycles. The maximum absolute atomic E-state index is 2.47. The van der Waals surface area contributed by atoms with Crippen molar-refractivity contribution in [3.63, 3.8) is 0 Å². The highest BCUT2D eigenvalue weighted by Crippen LogP contribution is 2.41. The normalized spacial score (nSPS) is 14.1. The molecule has 120 valence electrons. The molecule has 3 rings (SSSR count). The molecule has 0 nitrogen and oxygen atoms in total. The molecule has 0 N–H and O–H groups in total. The van der Waals surface area contributed by atoms with Crippen LogP contribution in [0.3, 0.4) is 0 Å². The van der Waals surface area contributed by atoms with Crippen molar-refractivity contribution in [2.24, 2.45) is 5.92 Å². The molecule has 0 aliphatic heterocycles. The predicted molar refractivity (Wildman–Crippen MR) is 102 cm³/mol. The van der Waals surface area contributed by atoms with Crippen molar-refractivity contribution >= 4 is 6.08 Å². The Morgan fingerprint density at radius 3 is 2.26 bits per heavy atom. The van der Waals surface area contributed by atoms with E-state index in [1.807, 2.05) is 0 Å². The highest BCUT2D eigenvalue weighted by atomic mass is 14.3. The Balaban J connectivity index is 2.19. The van der Waals surface area contributed by atoms with E-state index in [1.54, 1.807) is 5.57 Å². The summed E-state index contributed by atoms with van der Waals surface area (Å²) < 4.78 is 0. The van der Waals surface area contributed by atoms with Crippen LogP contribution in [0.25, 0.3) is 17.2 Å². The average Bonchev–Trinajstić information content (AvgIpc) is 2.87. The summed E-state index contributed by atoms with van der Waals surface area (Å²) in [5, 5.41) is 0. The topological polar surface area (TPSA) is 0 Å². The van der Waals surface area contributed by atoms with E-state index < -0.39 is 0 Å². The van der Waals surface area contributed by atoms with Gasteiger partial charge in [0.25, 0.3) is 0 Å². The van der Waals surface area contributed by atoms with E-state index in [1.165, 1.54) is 34.2 Å². The maximum atomic E-state index is 2.47. The summed E-state index contributed by atoms with van der Waals surface area (Å²) in [4.78, 5) is 0. The zero-order valence-corrected chi connectivity index (χ0v) is 15.1. The zero-order chi connectivity index (χ0) is 16.6. The highest BCUT2D eigenvalue weighted by Gasteiger charge is 2.25. The number of hydrogen-bond donors (Lipinski definition) is 0. The van der Waals surface area contributed by atoms with Gasteiger partial charge >= 0.3 is 0 Å². The van der Waals surface area contributed by atoms with Gasteiger partial charge in [0.15, 0.2) is 0 Å². The lowest BCUT2D eigenvalue weighted by molar-refractivity contribution is 0.591. The lowest BCUT2D eigenvalue weighted by atomic mass is 9.79. The van der Waals surface area contributed by atoms with Crippen LogP contribution in [-0.2, 0) is 11.8 Å². The van der Waals surface area contributed by atoms with Crippen molar-refractivity contribution in [3.05, 3.63) is 64.7 Å². The second kappa shape index (κ2) is 6.00. The van der Waals surface area contributed by atoms with E-state index in [4.69, 9.17) is 0 Å². The van der Waals surface area contributed by atoms with Gasteiger partial charge < -0.3 is 0 Å². The fourth-order valence-electron chi connectivity index (χ4n) is 3.68. The third-order valence-corrected chi connectivity index (χ3v) is 4.64. The molecule has 0 atom stereocenters. The van der Waals surface area contributed by atoms with Gasteiger partial charge in [0, 0.05) is 0 Å². The number of rotatable bonds is 3. The van der Waals surface area contributed by atoms with Gasteiger partial charge in [-0.1, -0.05) is 88.7 Å². The van der Waals surface area contributed by atoms with Crippen molar-refractivity contribution in [1.82, 2.24) is 0 Å². The van der Waals surface area contributed by atoms with Crippen molar-refractivity contribution in [1.29, 1.82) is 0 Å². The molecule has 2 aromatic rings. The van der Waals surface area contributed by atoms with Crippen LogP contribution in [0.4, 0.5) is 0 Å². The summed E-state index contributed by atoms with van der Waals surface area (Å²) in [5.74, 6) is 0.720. The molecule has 0 heteroatoms. The van der Waals surface area contributed by atoms with Crippen LogP contribution in [-0.4, -0.2) is 0 Å². The first kappa shape index (κ1) is 16.1. The molecule has 1 aliphatic rings. The second-order valence-corrected chi connectivity index (χ2v) is 8.25. The first-order valence-corrected chi connectivity index (χ1v) is 8.77. The summed E-state index contributed by atoms with van der Waals surface area (Å²) in [5.41, 5.74) is 8.91. The smallest absolute Gasteiger partial charge is 0.00575 e. The van der Waals surface area contributed by atoms with Gasteiger partial charge in [0.2, 0.25) is 0 Å². The Labute approximate surface area is 141 Å². The maximum Gasteiger partial charge on any atom is -0.00575 e. The zero-order valence-electron chi connectivity index (χ0n) is 15.1. The molecular formula is C23H28. The summed E-state index contributed by atoms with van der Waals surface area (Å²) in [6.07, 6.45) is 4.79. The molecule has 0 amide bonds. The van der Waals surface area contributed by atoms with Crippen LogP contribution in [0.2, 0.25) is 0 Å². The Morgan fingerprint density at radius 1 is 0.957 bits per heavy atom. The third-order valence-electron chi connectivity index (χ3n) is 4.64. The summed E-state index contributed by atoms with van der Waals surface area (Å²) in [7, 11) is 0. The van der Waals surface area contributed by atoms with Crippen molar-refractivity contribution in [2.75, 3.05) is 0 Å². The Hall–Kier alpha value is -1.82. The molecular weight excluding hydrogens is 276 g/mol. The summed E-state index contributed by atoms with van der Waals surface area (Å²) >= 11 is 0. The summed E-state index contributed by atoms with van der Waals surface area (Å²) in [6, 6.07) is 15.6. The van der Waals surface area contributed by atoms with Crippen LogP contribution in [0, 0.1) is 5.92 Å². The first-order valence-electron chi connectivity index (χ1n) is 8.77. The van der Waals surface area contributed by atoms with Gasteiger partial charge in [-0.3, -0.25) is 0 Å². The molecule has 0 bridgehead atoms. The van der Waals surface area contributed by atoms with E-state index in [-0.39, 0.29) is 5.41 Å². The van der Waals surface area contributed by atoms with Crippen LogP contribution in [0.5, 0.6) is 0 Å². The van der Waals surface area contributed by atoms with Crippen LogP contribution in [0.15, 0.2) is 48.0 Å². The Bertz CT molecular complexity index is 725. The monoisotopic (exact) mass is 304 g/mol. The standard InChI is InChI=1S/C23H28/c1-16(2)13-17-14-19-11-12-21(23(3,4)5)22(20(19)15-17)18-9-7-6-8-10-18/h6-12,15-16H,13-14H2,1-5H3.